The number of hydrogen-bond acceptors (Lipinski definition) is 20. The van der Waals surface area contributed by atoms with Crippen molar-refractivity contribution in [2.24, 2.45) is 0 Å². The molecule has 450 valence electrons. The van der Waals surface area contributed by atoms with E-state index in [9.17, 15) is 24.4 Å². The van der Waals surface area contributed by atoms with Crippen LogP contribution in [-0.2, 0) is 47.7 Å². The molecule has 0 radical (unpaired) electrons. The van der Waals surface area contributed by atoms with Crippen LogP contribution in [0.3, 0.4) is 0 Å². The molecule has 25 heteroatoms. The Kier molecular flexibility index (Phi) is 19.1. The van der Waals surface area contributed by atoms with E-state index in [-0.39, 0.29) is 80.8 Å². The fraction of sp³-hybridized carbons (Fsp3) is 0.286. The zero-order valence-corrected chi connectivity index (χ0v) is 48.9. The first-order chi connectivity index (χ1) is 43.0. The van der Waals surface area contributed by atoms with Crippen molar-refractivity contribution in [1.82, 2.24) is 39.0 Å². The Bertz CT molecular complexity index is 3870. The first kappa shape index (κ1) is 60.3. The highest BCUT2D eigenvalue weighted by Gasteiger charge is 2.46. The Labute approximate surface area is 506 Å². The van der Waals surface area contributed by atoms with Crippen molar-refractivity contribution in [3.63, 3.8) is 0 Å². The molecule has 7 atom stereocenters. The van der Waals surface area contributed by atoms with Crippen LogP contribution in [0, 0.1) is 11.3 Å². The first-order valence-electron chi connectivity index (χ1n) is 28.2. The summed E-state index contributed by atoms with van der Waals surface area (Å²) in [6, 6.07) is 44.5. The number of carbonyl (C=O) groups excluding carboxylic acids is 4. The van der Waals surface area contributed by atoms with Crippen molar-refractivity contribution in [1.29, 1.82) is 5.26 Å². The quantitative estimate of drug-likeness (QED) is 0.0221. The summed E-state index contributed by atoms with van der Waals surface area (Å²) in [7, 11) is 0.810. The molecule has 4 aromatic heterocycles. The van der Waals surface area contributed by atoms with Gasteiger partial charge in [-0.2, -0.15) is 5.26 Å². The van der Waals surface area contributed by atoms with E-state index < -0.39 is 63.0 Å². The van der Waals surface area contributed by atoms with Gasteiger partial charge in [0.15, 0.2) is 34.0 Å². The Balaban J connectivity index is 0.911. The molecular weight excluding hydrogens is 1150 g/mol. The third-order valence-corrected chi connectivity index (χ3v) is 16.0. The zero-order chi connectivity index (χ0) is 61.0. The van der Waals surface area contributed by atoms with E-state index in [2.05, 4.69) is 46.6 Å². The predicted molar refractivity (Wildman–Crippen MR) is 318 cm³/mol. The minimum Gasteiger partial charge on any atom is -0.497 e. The predicted octanol–water partition coefficient (Wildman–Crippen LogP) is 9.61. The SMILES string of the molecule is COc1ccc(C(OC[C@H]2O[C@@H](n3cnc4c(NC(=O)c5ccccc5)ncnc43)C[C@@H]2OP(OCCC#N)OC[C@H]2O[C@@H](n3cnc4c(NC(=O)c5ccccc5)ncnc43)C[C@@H]2OC(=O)CCC(C)=O)(c2ccccc2)c2ccc(OC)cc2)cc1. The van der Waals surface area contributed by atoms with E-state index in [1.165, 1.54) is 25.9 Å². The molecular formula is C63H60N11O13P. The van der Waals surface area contributed by atoms with Crippen LogP contribution in [0.5, 0.6) is 11.5 Å². The molecule has 88 heavy (non-hydrogen) atoms. The van der Waals surface area contributed by atoms with Gasteiger partial charge in [-0.05, 0) is 72.1 Å². The van der Waals surface area contributed by atoms with E-state index in [1.807, 2.05) is 84.9 Å². The summed E-state index contributed by atoms with van der Waals surface area (Å²) in [6.07, 6.45) is 0.374. The lowest BCUT2D eigenvalue weighted by molar-refractivity contribution is -0.153. The number of ketones is 1. The standard InChI is InChI=1S/C63H60N11O13P/c1-40(75)20-29-54(76)86-48-32-52(73-38-69-55-57(65-36-67-59(55)73)71-61(77)41-14-7-4-8-15-41)85-51(48)35-83-88(82-31-13-30-64)87-49-33-53(74-39-70-56-58(66-37-68-60(56)74)72-62(78)42-16-9-5-10-17-42)84-50(49)34-81-63(43-18-11-6-12-19-43,44-21-25-46(79-2)26-22-44)45-23-27-47(80-3)28-24-45/h4-12,14-19,21-28,36-39,48-53H,13,20,29,31-35H2,1-3H3,(H,65,67,71,77)(H,66,68,72,78)/t48-,49-,50+,51+,52+,53+,88?/m0/s1. The van der Waals surface area contributed by atoms with Crippen LogP contribution in [0.25, 0.3) is 22.3 Å². The average Bonchev–Trinajstić information content (AvgIpc) is 1.14. The molecule has 1 unspecified atom stereocenters. The largest absolute Gasteiger partial charge is 0.497 e. The third kappa shape index (κ3) is 13.6. The molecule has 0 saturated carbocycles. The van der Waals surface area contributed by atoms with Crippen molar-refractivity contribution in [2.75, 3.05) is 44.7 Å². The highest BCUT2D eigenvalue weighted by Crippen LogP contribution is 2.49. The molecule has 2 saturated heterocycles. The maximum atomic E-state index is 13.4. The van der Waals surface area contributed by atoms with Gasteiger partial charge in [-0.3, -0.25) is 23.5 Å². The molecule has 0 spiro atoms. The van der Waals surface area contributed by atoms with Crippen LogP contribution in [-0.4, -0.2) is 121 Å². The van der Waals surface area contributed by atoms with Crippen LogP contribution in [0.15, 0.2) is 165 Å². The number of anilines is 2. The number of ether oxygens (including phenoxy) is 6. The van der Waals surface area contributed by atoms with Gasteiger partial charge in [-0.25, -0.2) is 29.9 Å². The van der Waals surface area contributed by atoms with E-state index in [4.69, 9.17) is 42.0 Å². The molecule has 2 aliphatic rings. The number of carbonyl (C=O) groups is 4. The first-order valence-corrected chi connectivity index (χ1v) is 29.3. The van der Waals surface area contributed by atoms with Crippen LogP contribution < -0.4 is 20.1 Å². The number of hydrogen-bond donors (Lipinski definition) is 2. The number of amides is 2. The maximum absolute atomic E-state index is 13.4. The Morgan fingerprint density at radius 1 is 0.614 bits per heavy atom. The number of benzene rings is 5. The number of nitrogens with one attached hydrogen (secondary N) is 2. The summed E-state index contributed by atoms with van der Waals surface area (Å²) >= 11 is 0. The zero-order valence-electron chi connectivity index (χ0n) is 48.0. The average molecular weight is 1210 g/mol. The van der Waals surface area contributed by atoms with E-state index >= 15 is 0 Å². The number of nitriles is 1. The molecule has 9 aromatic rings. The molecule has 2 fully saturated rings. The lowest BCUT2D eigenvalue weighted by atomic mass is 9.80. The number of imidazole rings is 2. The van der Waals surface area contributed by atoms with Gasteiger partial charge in [0.25, 0.3) is 11.8 Å². The molecule has 6 heterocycles. The topological polar surface area (TPSA) is 286 Å². The van der Waals surface area contributed by atoms with Gasteiger partial charge in [-0.15, -0.1) is 0 Å². The lowest BCUT2D eigenvalue weighted by Crippen LogP contribution is -2.38. The van der Waals surface area contributed by atoms with E-state index in [0.717, 1.165) is 16.7 Å². The molecule has 24 nitrogen and oxygen atoms in total. The summed E-state index contributed by atoms with van der Waals surface area (Å²) in [5.74, 6) is 0.0285. The number of esters is 1. The van der Waals surface area contributed by atoms with Crippen LogP contribution in [0.2, 0.25) is 0 Å². The van der Waals surface area contributed by atoms with Crippen LogP contribution >= 0.6 is 8.60 Å². The minimum atomic E-state index is -2.39. The van der Waals surface area contributed by atoms with Crippen molar-refractivity contribution < 1.29 is 61.2 Å². The smallest absolute Gasteiger partial charge is 0.333 e. The van der Waals surface area contributed by atoms with Crippen LogP contribution in [0.4, 0.5) is 11.6 Å². The number of fused-ring (bicyclic) bond motifs is 2. The van der Waals surface area contributed by atoms with Gasteiger partial charge >= 0.3 is 14.6 Å². The highest BCUT2D eigenvalue weighted by atomic mass is 31.2. The Hall–Kier alpha value is -9.44. The van der Waals surface area contributed by atoms with E-state index in [1.54, 1.807) is 84.3 Å². The number of nitrogens with zero attached hydrogens (tertiary/aromatic N) is 9. The normalized spacial score (nSPS) is 18.6. The molecule has 2 aliphatic heterocycles. The number of methoxy groups -OCH3 is 2. The molecule has 5 aromatic carbocycles. The third-order valence-electron chi connectivity index (χ3n) is 14.8. The second kappa shape index (κ2) is 27.9. The van der Waals surface area contributed by atoms with Gasteiger partial charge in [0.05, 0.1) is 71.7 Å². The summed E-state index contributed by atoms with van der Waals surface area (Å²) in [5, 5.41) is 15.4. The van der Waals surface area contributed by atoms with Crippen molar-refractivity contribution in [3.8, 4) is 17.6 Å². The Morgan fingerprint density at radius 3 is 1.60 bits per heavy atom. The fourth-order valence-corrected chi connectivity index (χ4v) is 11.6. The summed E-state index contributed by atoms with van der Waals surface area (Å²) < 4.78 is 61.5. The molecule has 0 aliphatic carbocycles. The summed E-state index contributed by atoms with van der Waals surface area (Å²) in [4.78, 5) is 79.0. The lowest BCUT2D eigenvalue weighted by Gasteiger charge is -2.37. The van der Waals surface area contributed by atoms with E-state index in [0.29, 0.717) is 39.4 Å². The monoisotopic (exact) mass is 1210 g/mol. The maximum Gasteiger partial charge on any atom is 0.333 e. The number of rotatable bonds is 26. The molecule has 11 rings (SSSR count). The van der Waals surface area contributed by atoms with Gasteiger partial charge in [0, 0.05) is 30.4 Å². The second-order valence-electron chi connectivity index (χ2n) is 20.4. The highest BCUT2D eigenvalue weighted by molar-refractivity contribution is 7.41. The second-order valence-corrected chi connectivity index (χ2v) is 21.6. The fourth-order valence-electron chi connectivity index (χ4n) is 10.4. The summed E-state index contributed by atoms with van der Waals surface area (Å²) in [6.45, 7) is 0.933. The van der Waals surface area contributed by atoms with Gasteiger partial charge < -0.3 is 57.4 Å². The molecule has 2 N–H and O–H groups in total. The number of Topliss-reactive ketones (excluding diaryl/α,β-unsaturated/α-hetero) is 1. The van der Waals surface area contributed by atoms with Crippen molar-refractivity contribution >= 4 is 66.1 Å². The molecule has 2 amide bonds. The summed E-state index contributed by atoms with van der Waals surface area (Å²) in [5.41, 5.74) is 3.14. The Morgan fingerprint density at radius 2 is 1.10 bits per heavy atom. The van der Waals surface area contributed by atoms with Gasteiger partial charge in [0.1, 0.15) is 66.3 Å². The minimum absolute atomic E-state index is 0.0170. The van der Waals surface area contributed by atoms with Crippen molar-refractivity contribution in [2.45, 2.75) is 81.5 Å². The van der Waals surface area contributed by atoms with Crippen LogP contribution in [0.1, 0.15) is 88.9 Å². The number of aromatic nitrogens is 8. The molecule has 0 bridgehead atoms. The van der Waals surface area contributed by atoms with Gasteiger partial charge in [-0.1, -0.05) is 91.0 Å². The van der Waals surface area contributed by atoms with Crippen molar-refractivity contribution in [3.05, 3.63) is 193 Å². The van der Waals surface area contributed by atoms with Gasteiger partial charge in [0.2, 0.25) is 0 Å².